The van der Waals surface area contributed by atoms with E-state index in [1.165, 1.54) is 6.20 Å². The van der Waals surface area contributed by atoms with Crippen molar-refractivity contribution in [2.24, 2.45) is 16.6 Å². The van der Waals surface area contributed by atoms with Gasteiger partial charge in [-0.25, -0.2) is 0 Å². The van der Waals surface area contributed by atoms with Gasteiger partial charge in [-0.15, -0.1) is 0 Å². The number of amidine groups is 1. The summed E-state index contributed by atoms with van der Waals surface area (Å²) < 4.78 is 0. The maximum Gasteiger partial charge on any atom is 0.280 e. The number of hydrogen-bond donors (Lipinski definition) is 1. The van der Waals surface area contributed by atoms with Crippen LogP contribution >= 0.6 is 0 Å². The summed E-state index contributed by atoms with van der Waals surface area (Å²) in [5, 5.41) is 0. The Balaban J connectivity index is 2.42. The van der Waals surface area contributed by atoms with Gasteiger partial charge in [-0.3, -0.25) is 9.78 Å². The fraction of sp³-hybridized carbons (Fsp3) is 0.278. The van der Waals surface area contributed by atoms with Gasteiger partial charge in [0.1, 0.15) is 13.7 Å². The molecule has 0 spiro atoms. The van der Waals surface area contributed by atoms with Gasteiger partial charge >= 0.3 is 0 Å². The summed E-state index contributed by atoms with van der Waals surface area (Å²) in [4.78, 5) is 20.3. The van der Waals surface area contributed by atoms with E-state index in [9.17, 15) is 4.79 Å². The van der Waals surface area contributed by atoms with Crippen LogP contribution in [0, 0.1) is 5.92 Å². The quantitative estimate of drug-likeness (QED) is 0.533. The zero-order valence-electron chi connectivity index (χ0n) is 13.7. The Morgan fingerprint density at radius 2 is 1.91 bits per heavy atom. The van der Waals surface area contributed by atoms with Crippen molar-refractivity contribution in [2.75, 3.05) is 0 Å². The molecule has 2 rings (SSSR count). The molecule has 23 heavy (non-hydrogen) atoms. The molecule has 4 nitrogen and oxygen atoms in total. The molecule has 0 aliphatic carbocycles. The Bertz CT molecular complexity index is 711. The molecule has 0 fully saturated rings. The number of amides is 1. The predicted octanol–water partition coefficient (Wildman–Crippen LogP) is 1.99. The summed E-state index contributed by atoms with van der Waals surface area (Å²) in [5.41, 5.74) is 7.75. The highest BCUT2D eigenvalue weighted by Gasteiger charge is 2.35. The first-order valence-corrected chi connectivity index (χ1v) is 7.50. The Morgan fingerprint density at radius 3 is 2.43 bits per heavy atom. The molecular formula is C18H20BN3O. The minimum atomic E-state index is -0.564. The van der Waals surface area contributed by atoms with Gasteiger partial charge < -0.3 is 5.73 Å². The van der Waals surface area contributed by atoms with Gasteiger partial charge in [0.25, 0.3) is 5.91 Å². The number of carbonyl (C=O) groups excluding carboxylic acids is 1. The lowest BCUT2D eigenvalue weighted by Gasteiger charge is -2.33. The van der Waals surface area contributed by atoms with E-state index >= 15 is 0 Å². The van der Waals surface area contributed by atoms with Gasteiger partial charge in [-0.05, 0) is 30.5 Å². The van der Waals surface area contributed by atoms with Crippen LogP contribution in [0.1, 0.15) is 36.7 Å². The molecule has 0 aliphatic heterocycles. The summed E-state index contributed by atoms with van der Waals surface area (Å²) >= 11 is 0. The first-order chi connectivity index (χ1) is 10.9. The fourth-order valence-electron chi connectivity index (χ4n) is 2.39. The van der Waals surface area contributed by atoms with Crippen LogP contribution in [0.15, 0.2) is 53.8 Å². The number of hydrogen-bond acceptors (Lipinski definition) is 2. The molecule has 0 saturated heterocycles. The largest absolute Gasteiger partial charge is 0.386 e. The Morgan fingerprint density at radius 1 is 1.26 bits per heavy atom. The van der Waals surface area contributed by atoms with Crippen LogP contribution in [0.25, 0.3) is 0 Å². The monoisotopic (exact) mass is 305 g/mol. The summed E-state index contributed by atoms with van der Waals surface area (Å²) in [6, 6.07) is 10.9. The van der Waals surface area contributed by atoms with E-state index in [0.29, 0.717) is 11.0 Å². The van der Waals surface area contributed by atoms with Crippen LogP contribution in [-0.4, -0.2) is 24.6 Å². The molecule has 1 unspecified atom stereocenters. The molecule has 116 valence electrons. The van der Waals surface area contributed by atoms with Crippen LogP contribution in [0.3, 0.4) is 0 Å². The number of aliphatic imine (C=N–C) groups is 1. The second kappa shape index (κ2) is 6.77. The lowest BCUT2D eigenvalue weighted by atomic mass is 9.72. The third-order valence-corrected chi connectivity index (χ3v) is 4.33. The van der Waals surface area contributed by atoms with Gasteiger partial charge in [0.15, 0.2) is 0 Å². The summed E-state index contributed by atoms with van der Waals surface area (Å²) in [7, 11) is 5.76. The average Bonchev–Trinajstić information content (AvgIpc) is 2.55. The van der Waals surface area contributed by atoms with E-state index in [0.717, 1.165) is 5.56 Å². The smallest absolute Gasteiger partial charge is 0.280 e. The molecule has 0 saturated carbocycles. The molecule has 5 heteroatoms. The minimum absolute atomic E-state index is 0.150. The van der Waals surface area contributed by atoms with Crippen LogP contribution in [0.4, 0.5) is 0 Å². The second-order valence-electron chi connectivity index (χ2n) is 6.02. The van der Waals surface area contributed by atoms with Crippen molar-refractivity contribution in [2.45, 2.75) is 26.2 Å². The molecule has 1 aromatic carbocycles. The summed E-state index contributed by atoms with van der Waals surface area (Å²) in [5.74, 6) is 0.0422. The summed E-state index contributed by atoms with van der Waals surface area (Å²) in [6.45, 7) is 6.08. The van der Waals surface area contributed by atoms with Crippen molar-refractivity contribution in [3.05, 3.63) is 59.9 Å². The molecule has 2 aromatic rings. The second-order valence-corrected chi connectivity index (χ2v) is 6.02. The predicted molar refractivity (Wildman–Crippen MR) is 94.2 cm³/mol. The van der Waals surface area contributed by atoms with Crippen LogP contribution in [-0.2, 0) is 5.41 Å². The molecule has 1 heterocycles. The van der Waals surface area contributed by atoms with E-state index in [4.69, 9.17) is 13.6 Å². The van der Waals surface area contributed by atoms with Gasteiger partial charge in [-0.2, -0.15) is 4.99 Å². The van der Waals surface area contributed by atoms with E-state index in [2.05, 4.69) is 9.98 Å². The van der Waals surface area contributed by atoms with Crippen LogP contribution in [0.2, 0.25) is 0 Å². The number of nitrogens with zero attached hydrogens (tertiary/aromatic N) is 2. The third-order valence-electron chi connectivity index (χ3n) is 4.33. The van der Waals surface area contributed by atoms with Crippen molar-refractivity contribution in [3.63, 3.8) is 0 Å². The number of pyridine rings is 1. The standard InChI is InChI=1S/C18H20BN3O/c1-12(2)18(3,14-6-8-15(19)9-7-14)17(20)22-16(23)13-5-4-10-21-11-13/h4-12H,1-3H3,(H2,20,22,23). The SMILES string of the molecule is [B]c1ccc(C(C)(C(N)=NC(=O)c2cccnc2)C(C)C)cc1. The Labute approximate surface area is 138 Å². The zero-order chi connectivity index (χ0) is 17.0. The fourth-order valence-corrected chi connectivity index (χ4v) is 2.39. The molecule has 0 bridgehead atoms. The Hall–Kier alpha value is -2.43. The third kappa shape index (κ3) is 3.50. The number of benzene rings is 1. The molecule has 0 aliphatic rings. The van der Waals surface area contributed by atoms with E-state index in [1.807, 2.05) is 45.0 Å². The molecule has 2 N–H and O–H groups in total. The van der Waals surface area contributed by atoms with Crippen LogP contribution in [0.5, 0.6) is 0 Å². The highest BCUT2D eigenvalue weighted by molar-refractivity contribution is 6.32. The van der Waals surface area contributed by atoms with E-state index < -0.39 is 11.3 Å². The lowest BCUT2D eigenvalue weighted by Crippen LogP contribution is -2.43. The van der Waals surface area contributed by atoms with E-state index in [-0.39, 0.29) is 11.8 Å². The normalized spacial score (nSPS) is 14.5. The van der Waals surface area contributed by atoms with Gasteiger partial charge in [0.2, 0.25) is 0 Å². The van der Waals surface area contributed by atoms with Crippen LogP contribution < -0.4 is 11.2 Å². The molecule has 1 amide bonds. The van der Waals surface area contributed by atoms with Gasteiger partial charge in [-0.1, -0.05) is 43.6 Å². The lowest BCUT2D eigenvalue weighted by molar-refractivity contribution is 0.100. The van der Waals surface area contributed by atoms with E-state index in [1.54, 1.807) is 18.3 Å². The molecule has 1 aromatic heterocycles. The summed E-state index contributed by atoms with van der Waals surface area (Å²) in [6.07, 6.45) is 3.09. The van der Waals surface area contributed by atoms with Gasteiger partial charge in [0.05, 0.1) is 11.0 Å². The number of rotatable bonds is 4. The first-order valence-electron chi connectivity index (χ1n) is 7.50. The minimum Gasteiger partial charge on any atom is -0.386 e. The number of carbonyl (C=O) groups is 1. The van der Waals surface area contributed by atoms with Crippen molar-refractivity contribution in [1.82, 2.24) is 4.98 Å². The molecular weight excluding hydrogens is 285 g/mol. The maximum atomic E-state index is 12.3. The van der Waals surface area contributed by atoms with Crippen molar-refractivity contribution in [3.8, 4) is 0 Å². The first kappa shape index (κ1) is 16.9. The molecule has 1 atom stereocenters. The number of nitrogens with two attached hydrogens (primary N) is 1. The average molecular weight is 305 g/mol. The highest BCUT2D eigenvalue weighted by Crippen LogP contribution is 2.32. The van der Waals surface area contributed by atoms with Crippen molar-refractivity contribution < 1.29 is 4.79 Å². The topological polar surface area (TPSA) is 68.3 Å². The Kier molecular flexibility index (Phi) is 4.99. The van der Waals surface area contributed by atoms with Gasteiger partial charge in [0, 0.05) is 12.4 Å². The number of aromatic nitrogens is 1. The highest BCUT2D eigenvalue weighted by atomic mass is 16.1. The van der Waals surface area contributed by atoms with Crippen molar-refractivity contribution >= 4 is 25.1 Å². The maximum absolute atomic E-state index is 12.3. The van der Waals surface area contributed by atoms with Crippen molar-refractivity contribution in [1.29, 1.82) is 0 Å². The zero-order valence-corrected chi connectivity index (χ0v) is 13.7. The molecule has 2 radical (unpaired) electrons.